The summed E-state index contributed by atoms with van der Waals surface area (Å²) in [6.07, 6.45) is 0. The molecule has 0 N–H and O–H groups in total. The summed E-state index contributed by atoms with van der Waals surface area (Å²) in [5.41, 5.74) is 22.6. The van der Waals surface area contributed by atoms with Crippen molar-refractivity contribution in [3.05, 3.63) is 313 Å². The van der Waals surface area contributed by atoms with Gasteiger partial charge in [0.25, 0.3) is 0 Å². The van der Waals surface area contributed by atoms with Crippen molar-refractivity contribution in [3.63, 3.8) is 0 Å². The molecular formula is C73H48N2O. The van der Waals surface area contributed by atoms with E-state index in [-0.39, 0.29) is 0 Å². The second-order valence-corrected chi connectivity index (χ2v) is 20.0. The molecule has 0 radical (unpaired) electrons. The average molecular weight is 969 g/mol. The highest BCUT2D eigenvalue weighted by Gasteiger charge is 2.47. The van der Waals surface area contributed by atoms with Crippen molar-refractivity contribution in [2.45, 2.75) is 5.41 Å². The molecule has 0 saturated carbocycles. The largest absolute Gasteiger partial charge is 0.456 e. The summed E-state index contributed by atoms with van der Waals surface area (Å²) in [5.74, 6) is 0. The molecule has 3 nitrogen and oxygen atoms in total. The molecule has 76 heavy (non-hydrogen) atoms. The van der Waals surface area contributed by atoms with Gasteiger partial charge in [0.15, 0.2) is 0 Å². The molecule has 1 aliphatic rings. The number of benzene rings is 12. The third-order valence-electron chi connectivity index (χ3n) is 15.9. The van der Waals surface area contributed by atoms with Crippen LogP contribution in [0.15, 0.2) is 296 Å². The number of furan rings is 1. The zero-order valence-electron chi connectivity index (χ0n) is 41.5. The smallest absolute Gasteiger partial charge is 0.135 e. The molecule has 0 amide bonds. The Morgan fingerprint density at radius 2 is 0.789 bits per heavy atom. The van der Waals surface area contributed by atoms with Crippen LogP contribution < -0.4 is 4.90 Å². The highest BCUT2D eigenvalue weighted by molar-refractivity contribution is 6.09. The highest BCUT2D eigenvalue weighted by atomic mass is 16.3. The first kappa shape index (κ1) is 43.6. The van der Waals surface area contributed by atoms with Gasteiger partial charge in [-0.2, -0.15) is 0 Å². The molecule has 0 aliphatic heterocycles. The van der Waals surface area contributed by atoms with E-state index in [1.165, 1.54) is 66.3 Å². The third-order valence-corrected chi connectivity index (χ3v) is 15.9. The maximum absolute atomic E-state index is 6.14. The first-order valence-corrected chi connectivity index (χ1v) is 26.1. The van der Waals surface area contributed by atoms with E-state index in [0.717, 1.165) is 66.9 Å². The van der Waals surface area contributed by atoms with Crippen molar-refractivity contribution < 1.29 is 4.42 Å². The Morgan fingerprint density at radius 3 is 1.43 bits per heavy atom. The summed E-state index contributed by atoms with van der Waals surface area (Å²) < 4.78 is 8.54. The Kier molecular flexibility index (Phi) is 10.1. The molecule has 0 spiro atoms. The van der Waals surface area contributed by atoms with Crippen molar-refractivity contribution in [1.82, 2.24) is 4.57 Å². The van der Waals surface area contributed by atoms with Crippen molar-refractivity contribution >= 4 is 60.8 Å². The molecular weight excluding hydrogens is 921 g/mol. The lowest BCUT2D eigenvalue weighted by Gasteiger charge is -2.34. The van der Waals surface area contributed by atoms with Crippen LogP contribution in [0, 0.1) is 0 Å². The quantitative estimate of drug-likeness (QED) is 0.144. The van der Waals surface area contributed by atoms with Gasteiger partial charge in [0.2, 0.25) is 0 Å². The van der Waals surface area contributed by atoms with Crippen LogP contribution in [-0.4, -0.2) is 4.57 Å². The standard InChI is InChI=1S/C73H48N2O/c1-3-18-55(19-4-1)73(56-20-5-2-6-21-56)65-27-11-7-26-63(65)72-66(73)28-16-31-69(72)74(57-42-37-50(38-43-57)49-33-35-51(36-34-49)54-41-46-71-64(48-54)62-25-10-14-32-70(62)76-71)58-44-39-52(40-45-58)53-17-15-22-59(47-53)75-67-29-12-8-23-60(67)61-24-9-13-30-68(61)75/h1-48H. The fourth-order valence-electron chi connectivity index (χ4n) is 12.5. The monoisotopic (exact) mass is 968 g/mol. The van der Waals surface area contributed by atoms with E-state index >= 15 is 0 Å². The molecule has 15 rings (SSSR count). The lowest BCUT2D eigenvalue weighted by molar-refractivity contribution is 0.669. The second-order valence-electron chi connectivity index (χ2n) is 20.0. The van der Waals surface area contributed by atoms with Gasteiger partial charge in [0.1, 0.15) is 11.2 Å². The van der Waals surface area contributed by atoms with Gasteiger partial charge in [-0.1, -0.05) is 218 Å². The predicted octanol–water partition coefficient (Wildman–Crippen LogP) is 19.5. The molecule has 12 aromatic carbocycles. The van der Waals surface area contributed by atoms with Gasteiger partial charge in [-0.05, 0) is 134 Å². The molecule has 0 bridgehead atoms. The summed E-state index contributed by atoms with van der Waals surface area (Å²) >= 11 is 0. The number of para-hydroxylation sites is 3. The summed E-state index contributed by atoms with van der Waals surface area (Å²) in [6, 6.07) is 106. The number of fused-ring (bicyclic) bond motifs is 9. The van der Waals surface area contributed by atoms with Gasteiger partial charge in [0.05, 0.1) is 22.1 Å². The van der Waals surface area contributed by atoms with Crippen LogP contribution in [0.2, 0.25) is 0 Å². The molecule has 0 fully saturated rings. The normalized spacial score (nSPS) is 12.6. The number of anilines is 3. The minimum Gasteiger partial charge on any atom is -0.456 e. The third kappa shape index (κ3) is 6.83. The van der Waals surface area contributed by atoms with Crippen LogP contribution in [0.25, 0.3) is 93.9 Å². The van der Waals surface area contributed by atoms with Crippen LogP contribution >= 0.6 is 0 Å². The Balaban J connectivity index is 0.852. The van der Waals surface area contributed by atoms with Crippen LogP contribution in [0.1, 0.15) is 22.3 Å². The van der Waals surface area contributed by atoms with Crippen molar-refractivity contribution in [1.29, 1.82) is 0 Å². The number of rotatable bonds is 9. The highest BCUT2D eigenvalue weighted by Crippen LogP contribution is 2.59. The summed E-state index contributed by atoms with van der Waals surface area (Å²) in [6.45, 7) is 0. The SMILES string of the molecule is c1ccc(C2(c3ccccc3)c3ccccc3-c3c(N(c4ccc(-c5ccc(-c6ccc7oc8ccccc8c7c6)cc5)cc4)c4ccc(-c5cccc(-n6c7ccccc7c7ccccc76)c5)cc4)cccc32)cc1. The molecule has 2 aromatic heterocycles. The Bertz CT molecular complexity index is 4400. The Hall–Kier alpha value is -9.96. The van der Waals surface area contributed by atoms with E-state index in [0.29, 0.717) is 0 Å². The molecule has 0 saturated heterocycles. The predicted molar refractivity (Wildman–Crippen MR) is 316 cm³/mol. The van der Waals surface area contributed by atoms with E-state index in [9.17, 15) is 0 Å². The van der Waals surface area contributed by atoms with Gasteiger partial charge in [0, 0.05) is 44.2 Å². The number of nitrogens with zero attached hydrogens (tertiary/aromatic N) is 2. The first-order valence-electron chi connectivity index (χ1n) is 26.1. The topological polar surface area (TPSA) is 21.3 Å². The molecule has 3 heteroatoms. The average Bonchev–Trinajstić information content (AvgIpc) is 4.32. The fraction of sp³-hybridized carbons (Fsp3) is 0.0137. The number of hydrogen-bond acceptors (Lipinski definition) is 2. The lowest BCUT2D eigenvalue weighted by Crippen LogP contribution is -2.28. The van der Waals surface area contributed by atoms with Gasteiger partial charge in [-0.15, -0.1) is 0 Å². The molecule has 0 unspecified atom stereocenters. The van der Waals surface area contributed by atoms with Crippen LogP contribution in [0.3, 0.4) is 0 Å². The second kappa shape index (κ2) is 17.6. The Morgan fingerprint density at radius 1 is 0.316 bits per heavy atom. The van der Waals surface area contributed by atoms with Gasteiger partial charge < -0.3 is 13.9 Å². The number of hydrogen-bond donors (Lipinski definition) is 0. The minimum atomic E-state index is -0.532. The maximum atomic E-state index is 6.14. The number of aromatic nitrogens is 1. The van der Waals surface area contributed by atoms with Gasteiger partial charge in [-0.25, -0.2) is 0 Å². The van der Waals surface area contributed by atoms with Crippen molar-refractivity contribution in [3.8, 4) is 50.2 Å². The molecule has 14 aromatic rings. The summed E-state index contributed by atoms with van der Waals surface area (Å²) in [7, 11) is 0. The van der Waals surface area contributed by atoms with E-state index in [1.807, 2.05) is 12.1 Å². The van der Waals surface area contributed by atoms with Gasteiger partial charge in [-0.3, -0.25) is 0 Å². The van der Waals surface area contributed by atoms with Gasteiger partial charge >= 0.3 is 0 Å². The Labute approximate surface area is 441 Å². The minimum absolute atomic E-state index is 0.532. The van der Waals surface area contributed by atoms with E-state index in [1.54, 1.807) is 0 Å². The zero-order valence-corrected chi connectivity index (χ0v) is 41.5. The summed E-state index contributed by atoms with van der Waals surface area (Å²) in [5, 5.41) is 4.79. The van der Waals surface area contributed by atoms with E-state index in [4.69, 9.17) is 4.42 Å². The molecule has 1 aliphatic carbocycles. The van der Waals surface area contributed by atoms with E-state index < -0.39 is 5.41 Å². The summed E-state index contributed by atoms with van der Waals surface area (Å²) in [4.78, 5) is 2.46. The lowest BCUT2D eigenvalue weighted by atomic mass is 9.68. The fourth-order valence-corrected chi connectivity index (χ4v) is 12.5. The molecule has 0 atom stereocenters. The first-order chi connectivity index (χ1) is 37.7. The maximum Gasteiger partial charge on any atom is 0.135 e. The molecule has 2 heterocycles. The van der Waals surface area contributed by atoms with Crippen molar-refractivity contribution in [2.24, 2.45) is 0 Å². The van der Waals surface area contributed by atoms with Crippen LogP contribution in [0.4, 0.5) is 17.1 Å². The molecule has 356 valence electrons. The van der Waals surface area contributed by atoms with E-state index in [2.05, 4.69) is 289 Å². The van der Waals surface area contributed by atoms with Crippen molar-refractivity contribution in [2.75, 3.05) is 4.90 Å². The van der Waals surface area contributed by atoms with Crippen LogP contribution in [-0.2, 0) is 5.41 Å². The zero-order chi connectivity index (χ0) is 50.2. The van der Waals surface area contributed by atoms with Crippen LogP contribution in [0.5, 0.6) is 0 Å².